The molecule has 0 rings (SSSR count). The largest absolute Gasteiger partial charge is 0.386 e. The van der Waals surface area contributed by atoms with Gasteiger partial charge in [0.2, 0.25) is 0 Å². The molecule has 1 atom stereocenters. The Balaban J connectivity index is 3.89. The van der Waals surface area contributed by atoms with Crippen LogP contribution in [0, 0.1) is 0 Å². The molecule has 1 nitrogen and oxygen atoms in total. The third-order valence-electron chi connectivity index (χ3n) is 1.36. The second-order valence-electron chi connectivity index (χ2n) is 2.26. The molecule has 0 amide bonds. The van der Waals surface area contributed by atoms with E-state index in [2.05, 4.69) is 13.2 Å². The number of aliphatic hydroxyl groups excluding tert-OH is 1. The van der Waals surface area contributed by atoms with Gasteiger partial charge in [0.15, 0.2) is 0 Å². The summed E-state index contributed by atoms with van der Waals surface area (Å²) < 4.78 is 24.9. The van der Waals surface area contributed by atoms with E-state index in [1.807, 2.05) is 0 Å². The summed E-state index contributed by atoms with van der Waals surface area (Å²) in [6.07, 6.45) is 0.703. The number of hydrogen-bond acceptors (Lipinski definition) is 1. The highest BCUT2D eigenvalue weighted by Crippen LogP contribution is 2.22. The Hall–Kier alpha value is -0.700. The zero-order valence-electron chi connectivity index (χ0n) is 6.26. The van der Waals surface area contributed by atoms with E-state index in [-0.39, 0.29) is 6.42 Å². The van der Waals surface area contributed by atoms with Gasteiger partial charge in [0, 0.05) is 0 Å². The second-order valence-corrected chi connectivity index (χ2v) is 2.26. The Morgan fingerprint density at radius 3 is 2.36 bits per heavy atom. The summed E-state index contributed by atoms with van der Waals surface area (Å²) in [5.41, 5.74) is 0. The van der Waals surface area contributed by atoms with Gasteiger partial charge in [0.1, 0.15) is 6.10 Å². The molecule has 0 radical (unpaired) electrons. The minimum atomic E-state index is -3.18. The van der Waals surface area contributed by atoms with E-state index in [1.54, 1.807) is 0 Å². The monoisotopic (exact) mass is 162 g/mol. The van der Waals surface area contributed by atoms with Crippen molar-refractivity contribution in [2.45, 2.75) is 24.9 Å². The molecule has 3 heteroatoms. The predicted octanol–water partition coefficient (Wildman–Crippen LogP) is 2.13. The summed E-state index contributed by atoms with van der Waals surface area (Å²) in [5.74, 6) is -3.18. The SMILES string of the molecule is C=CCC[C@H](O)C(F)(F)C=C. The molecule has 0 fully saturated rings. The maximum Gasteiger partial charge on any atom is 0.291 e. The summed E-state index contributed by atoms with van der Waals surface area (Å²) >= 11 is 0. The van der Waals surface area contributed by atoms with E-state index in [9.17, 15) is 8.78 Å². The van der Waals surface area contributed by atoms with Crippen molar-refractivity contribution >= 4 is 0 Å². The minimum Gasteiger partial charge on any atom is -0.386 e. The van der Waals surface area contributed by atoms with Crippen molar-refractivity contribution in [1.29, 1.82) is 0 Å². The summed E-state index contributed by atoms with van der Waals surface area (Å²) in [5, 5.41) is 8.84. The molecular weight excluding hydrogens is 150 g/mol. The first kappa shape index (κ1) is 10.3. The molecule has 0 unspecified atom stereocenters. The number of halogens is 2. The fourth-order valence-electron chi connectivity index (χ4n) is 0.604. The van der Waals surface area contributed by atoms with Gasteiger partial charge in [-0.2, -0.15) is 8.78 Å². The molecule has 0 aliphatic heterocycles. The van der Waals surface area contributed by atoms with Crippen LogP contribution in [0.2, 0.25) is 0 Å². The summed E-state index contributed by atoms with van der Waals surface area (Å²) in [6.45, 7) is 6.28. The van der Waals surface area contributed by atoms with Crippen LogP contribution in [0.1, 0.15) is 12.8 Å². The molecule has 64 valence electrons. The molecule has 0 saturated carbocycles. The van der Waals surface area contributed by atoms with Gasteiger partial charge in [0.25, 0.3) is 5.92 Å². The van der Waals surface area contributed by atoms with Crippen LogP contribution in [-0.2, 0) is 0 Å². The van der Waals surface area contributed by atoms with Crippen molar-refractivity contribution in [1.82, 2.24) is 0 Å². The summed E-state index contributed by atoms with van der Waals surface area (Å²) in [6, 6.07) is 0. The van der Waals surface area contributed by atoms with Crippen LogP contribution < -0.4 is 0 Å². The summed E-state index contributed by atoms with van der Waals surface area (Å²) in [7, 11) is 0. The van der Waals surface area contributed by atoms with Crippen LogP contribution in [0.3, 0.4) is 0 Å². The highest BCUT2D eigenvalue weighted by atomic mass is 19.3. The second kappa shape index (κ2) is 4.23. The Labute approximate surface area is 65.0 Å². The normalized spacial score (nSPS) is 14.1. The fraction of sp³-hybridized carbons (Fsp3) is 0.500. The third kappa shape index (κ3) is 3.28. The minimum absolute atomic E-state index is 0.0164. The molecule has 0 aliphatic rings. The molecule has 11 heavy (non-hydrogen) atoms. The van der Waals surface area contributed by atoms with Gasteiger partial charge >= 0.3 is 0 Å². The van der Waals surface area contributed by atoms with Crippen LogP contribution in [0.25, 0.3) is 0 Å². The van der Waals surface area contributed by atoms with Crippen molar-refractivity contribution in [3.8, 4) is 0 Å². The maximum absolute atomic E-state index is 12.5. The van der Waals surface area contributed by atoms with Crippen molar-refractivity contribution in [2.24, 2.45) is 0 Å². The lowest BCUT2D eigenvalue weighted by Gasteiger charge is -2.17. The van der Waals surface area contributed by atoms with Gasteiger partial charge in [-0.1, -0.05) is 12.7 Å². The van der Waals surface area contributed by atoms with Crippen molar-refractivity contribution in [3.63, 3.8) is 0 Å². The van der Waals surface area contributed by atoms with Gasteiger partial charge in [-0.25, -0.2) is 0 Å². The number of hydrogen-bond donors (Lipinski definition) is 1. The molecule has 0 bridgehead atoms. The smallest absolute Gasteiger partial charge is 0.291 e. The van der Waals surface area contributed by atoms with E-state index < -0.39 is 12.0 Å². The molecule has 0 aromatic heterocycles. The Morgan fingerprint density at radius 2 is 2.00 bits per heavy atom. The van der Waals surface area contributed by atoms with Gasteiger partial charge in [-0.3, -0.25) is 0 Å². The predicted molar refractivity (Wildman–Crippen MR) is 40.6 cm³/mol. The molecular formula is C8H12F2O. The summed E-state index contributed by atoms with van der Waals surface area (Å²) in [4.78, 5) is 0. The van der Waals surface area contributed by atoms with Crippen molar-refractivity contribution in [2.75, 3.05) is 0 Å². The fourth-order valence-corrected chi connectivity index (χ4v) is 0.604. The zero-order chi connectivity index (χ0) is 8.91. The number of aliphatic hydroxyl groups is 1. The molecule has 0 aliphatic carbocycles. The van der Waals surface area contributed by atoms with Gasteiger partial charge in [-0.05, 0) is 18.9 Å². The highest BCUT2D eigenvalue weighted by Gasteiger charge is 2.33. The average Bonchev–Trinajstić information content (AvgIpc) is 2.00. The molecule has 0 saturated heterocycles. The van der Waals surface area contributed by atoms with Gasteiger partial charge in [0.05, 0.1) is 0 Å². The molecule has 1 N–H and O–H groups in total. The number of alkyl halides is 2. The first-order valence-electron chi connectivity index (χ1n) is 3.35. The van der Waals surface area contributed by atoms with Crippen LogP contribution in [0.5, 0.6) is 0 Å². The van der Waals surface area contributed by atoms with Crippen molar-refractivity contribution < 1.29 is 13.9 Å². The van der Waals surface area contributed by atoms with Crippen LogP contribution >= 0.6 is 0 Å². The Bertz CT molecular complexity index is 143. The standard InChI is InChI=1S/C8H12F2O/c1-3-5-6-7(11)8(9,10)4-2/h3-4,7,11H,1-2,5-6H2/t7-/m0/s1. The molecule has 0 heterocycles. The number of rotatable bonds is 5. The topological polar surface area (TPSA) is 20.2 Å². The van der Waals surface area contributed by atoms with Gasteiger partial charge < -0.3 is 5.11 Å². The highest BCUT2D eigenvalue weighted by molar-refractivity contribution is 4.93. The molecule has 0 spiro atoms. The number of allylic oxidation sites excluding steroid dienone is 1. The van der Waals surface area contributed by atoms with Crippen LogP contribution in [-0.4, -0.2) is 17.1 Å². The molecule has 0 aromatic carbocycles. The van der Waals surface area contributed by atoms with E-state index in [0.717, 1.165) is 0 Å². The first-order chi connectivity index (χ1) is 5.04. The quantitative estimate of drug-likeness (QED) is 0.614. The lowest BCUT2D eigenvalue weighted by molar-refractivity contribution is -0.0717. The maximum atomic E-state index is 12.5. The first-order valence-corrected chi connectivity index (χ1v) is 3.35. The third-order valence-corrected chi connectivity index (χ3v) is 1.36. The van der Waals surface area contributed by atoms with Crippen molar-refractivity contribution in [3.05, 3.63) is 25.3 Å². The van der Waals surface area contributed by atoms with E-state index in [1.165, 1.54) is 6.08 Å². The van der Waals surface area contributed by atoms with Gasteiger partial charge in [-0.15, -0.1) is 6.58 Å². The Kier molecular flexibility index (Phi) is 3.97. The molecule has 0 aromatic rings. The van der Waals surface area contributed by atoms with Crippen LogP contribution in [0.15, 0.2) is 25.3 Å². The van der Waals surface area contributed by atoms with Crippen LogP contribution in [0.4, 0.5) is 8.78 Å². The lowest BCUT2D eigenvalue weighted by atomic mass is 10.1. The Morgan fingerprint density at radius 1 is 1.45 bits per heavy atom. The van der Waals surface area contributed by atoms with E-state index in [4.69, 9.17) is 5.11 Å². The lowest BCUT2D eigenvalue weighted by Crippen LogP contribution is -2.30. The average molecular weight is 162 g/mol. The zero-order valence-corrected chi connectivity index (χ0v) is 6.26. The van der Waals surface area contributed by atoms with E-state index >= 15 is 0 Å². The van der Waals surface area contributed by atoms with E-state index in [0.29, 0.717) is 12.5 Å².